The Morgan fingerprint density at radius 1 is 0.891 bits per heavy atom. The van der Waals surface area contributed by atoms with E-state index in [2.05, 4.69) is 20.9 Å². The summed E-state index contributed by atoms with van der Waals surface area (Å²) in [5.74, 6) is -1.07. The molecule has 0 radical (unpaired) electrons. The first kappa shape index (κ1) is 33.0. The third-order valence-electron chi connectivity index (χ3n) is 6.62. The summed E-state index contributed by atoms with van der Waals surface area (Å²) in [5.41, 5.74) is 4.26. The minimum absolute atomic E-state index is 0.104. The van der Waals surface area contributed by atoms with Crippen LogP contribution in [0.2, 0.25) is 10.0 Å². The molecule has 7 nitrogen and oxygen atoms in total. The van der Waals surface area contributed by atoms with E-state index in [1.165, 1.54) is 23.1 Å². The van der Waals surface area contributed by atoms with Crippen LogP contribution < -0.4 is 16.0 Å². The van der Waals surface area contributed by atoms with Crippen molar-refractivity contribution in [3.8, 4) is 11.3 Å². The molecule has 3 N–H and O–H groups in total. The van der Waals surface area contributed by atoms with Crippen molar-refractivity contribution >= 4 is 80.9 Å². The molecule has 3 amide bonds. The lowest BCUT2D eigenvalue weighted by molar-refractivity contribution is -0.115. The molecule has 0 saturated heterocycles. The van der Waals surface area contributed by atoms with Gasteiger partial charge in [0.05, 0.1) is 16.0 Å². The number of nitrogens with one attached hydrogen (secondary N) is 3. The minimum atomic E-state index is -0.471. The van der Waals surface area contributed by atoms with Gasteiger partial charge in [0.15, 0.2) is 5.13 Å². The van der Waals surface area contributed by atoms with Crippen molar-refractivity contribution in [2.24, 2.45) is 0 Å². The third kappa shape index (κ3) is 8.86. The first-order valence-electron chi connectivity index (χ1n) is 14.1. The van der Waals surface area contributed by atoms with Crippen LogP contribution in [-0.2, 0) is 9.59 Å². The van der Waals surface area contributed by atoms with E-state index in [0.29, 0.717) is 32.1 Å². The molecule has 5 aromatic rings. The molecular weight excluding hydrogens is 659 g/mol. The van der Waals surface area contributed by atoms with Crippen LogP contribution >= 0.6 is 46.3 Å². The summed E-state index contributed by atoms with van der Waals surface area (Å²) in [6, 6.07) is 28.6. The maximum Gasteiger partial charge on any atom is 0.272 e. The first-order valence-corrected chi connectivity index (χ1v) is 16.6. The number of benzene rings is 4. The second-order valence-corrected chi connectivity index (χ2v) is 13.3. The maximum atomic E-state index is 13.3. The lowest BCUT2D eigenvalue weighted by Gasteiger charge is -2.13. The second kappa shape index (κ2) is 15.2. The molecule has 11 heteroatoms. The highest BCUT2D eigenvalue weighted by molar-refractivity contribution is 8.00. The van der Waals surface area contributed by atoms with Crippen molar-refractivity contribution in [1.82, 2.24) is 10.3 Å². The number of halogens is 2. The normalized spacial score (nSPS) is 11.9. The lowest BCUT2D eigenvalue weighted by Crippen LogP contribution is -2.30. The molecule has 0 aliphatic carbocycles. The molecule has 1 heterocycles. The Kier molecular flexibility index (Phi) is 10.9. The summed E-state index contributed by atoms with van der Waals surface area (Å²) < 4.78 is 0. The fourth-order valence-electron chi connectivity index (χ4n) is 4.30. The van der Waals surface area contributed by atoms with E-state index in [1.807, 2.05) is 54.8 Å². The van der Waals surface area contributed by atoms with Crippen molar-refractivity contribution in [1.29, 1.82) is 0 Å². The second-order valence-electron chi connectivity index (χ2n) is 10.2. The fourth-order valence-corrected chi connectivity index (χ4v) is 6.39. The third-order valence-corrected chi connectivity index (χ3v) is 9.04. The quantitative estimate of drug-likeness (QED) is 0.101. The topological polar surface area (TPSA) is 100 Å². The number of thiazole rings is 1. The highest BCUT2D eigenvalue weighted by atomic mass is 35.5. The van der Waals surface area contributed by atoms with Gasteiger partial charge in [-0.05, 0) is 80.1 Å². The van der Waals surface area contributed by atoms with E-state index in [-0.39, 0.29) is 11.6 Å². The number of carbonyl (C=O) groups excluding carboxylic acids is 3. The van der Waals surface area contributed by atoms with Gasteiger partial charge in [-0.1, -0.05) is 71.2 Å². The number of hydrogen-bond acceptors (Lipinski definition) is 6. The highest BCUT2D eigenvalue weighted by Crippen LogP contribution is 2.33. The molecule has 0 aliphatic heterocycles. The van der Waals surface area contributed by atoms with Crippen LogP contribution in [-0.4, -0.2) is 28.0 Å². The van der Waals surface area contributed by atoms with E-state index in [4.69, 9.17) is 23.2 Å². The van der Waals surface area contributed by atoms with E-state index in [0.717, 1.165) is 21.6 Å². The van der Waals surface area contributed by atoms with Gasteiger partial charge >= 0.3 is 0 Å². The molecule has 4 aromatic carbocycles. The molecule has 0 aliphatic rings. The van der Waals surface area contributed by atoms with Gasteiger partial charge in [-0.15, -0.1) is 23.1 Å². The van der Waals surface area contributed by atoms with Crippen LogP contribution in [0.4, 0.5) is 10.8 Å². The van der Waals surface area contributed by atoms with Gasteiger partial charge in [0.25, 0.3) is 11.8 Å². The molecule has 0 saturated carbocycles. The van der Waals surface area contributed by atoms with Crippen molar-refractivity contribution in [3.63, 3.8) is 0 Å². The summed E-state index contributed by atoms with van der Waals surface area (Å²) in [4.78, 5) is 44.5. The molecule has 0 spiro atoms. The predicted octanol–water partition coefficient (Wildman–Crippen LogP) is 8.95. The Hall–Kier alpha value is -4.41. The van der Waals surface area contributed by atoms with Crippen LogP contribution in [0, 0.1) is 6.92 Å². The smallest absolute Gasteiger partial charge is 0.272 e. The number of anilines is 2. The van der Waals surface area contributed by atoms with Gasteiger partial charge in [-0.2, -0.15) is 0 Å². The average Bonchev–Trinajstić information content (AvgIpc) is 3.50. The minimum Gasteiger partial charge on any atom is -0.321 e. The maximum absolute atomic E-state index is 13.3. The van der Waals surface area contributed by atoms with Gasteiger partial charge in [0.2, 0.25) is 5.91 Å². The number of nitrogens with zero attached hydrogens (tertiary/aromatic N) is 1. The Morgan fingerprint density at radius 2 is 1.65 bits per heavy atom. The summed E-state index contributed by atoms with van der Waals surface area (Å²) >= 11 is 15.0. The standard InChI is InChI=1S/C35H28Cl2N4O3S2/c1-21-7-6-8-23(17-21)18-30(39-33(43)24-9-4-3-5-10-24)34(44)38-26-12-14-27(15-13-26)46-22(2)32(42)41-35-40-31(20-45-35)28-16-11-25(36)19-29(28)37/h3-20,22H,1-2H3,(H,38,44)(H,39,43)(H,40,41,42)/b30-18-. The predicted molar refractivity (Wildman–Crippen MR) is 190 cm³/mol. The van der Waals surface area contributed by atoms with Gasteiger partial charge in [0.1, 0.15) is 5.70 Å². The summed E-state index contributed by atoms with van der Waals surface area (Å²) in [5, 5.41) is 11.3. The molecule has 46 heavy (non-hydrogen) atoms. The molecule has 232 valence electrons. The van der Waals surface area contributed by atoms with E-state index >= 15 is 0 Å². The number of aryl methyl sites for hydroxylation is 1. The molecule has 1 aromatic heterocycles. The lowest BCUT2D eigenvalue weighted by atomic mass is 10.1. The Morgan fingerprint density at radius 3 is 2.37 bits per heavy atom. The van der Waals surface area contributed by atoms with Crippen molar-refractivity contribution in [2.45, 2.75) is 24.0 Å². The molecular formula is C35H28Cl2N4O3S2. The van der Waals surface area contributed by atoms with E-state index < -0.39 is 17.1 Å². The van der Waals surface area contributed by atoms with Crippen LogP contribution in [0.3, 0.4) is 0 Å². The molecule has 1 atom stereocenters. The van der Waals surface area contributed by atoms with Gasteiger partial charge in [-0.25, -0.2) is 4.98 Å². The molecule has 0 fully saturated rings. The van der Waals surface area contributed by atoms with Crippen LogP contribution in [0.5, 0.6) is 0 Å². The number of amides is 3. The molecule has 5 rings (SSSR count). The molecule has 1 unspecified atom stereocenters. The van der Waals surface area contributed by atoms with Crippen molar-refractivity contribution in [3.05, 3.63) is 135 Å². The zero-order valence-corrected chi connectivity index (χ0v) is 27.9. The molecule has 0 bridgehead atoms. The average molecular weight is 688 g/mol. The fraction of sp³-hybridized carbons (Fsp3) is 0.0857. The van der Waals surface area contributed by atoms with E-state index in [9.17, 15) is 14.4 Å². The number of rotatable bonds is 10. The van der Waals surface area contributed by atoms with Crippen molar-refractivity contribution < 1.29 is 14.4 Å². The number of carbonyl (C=O) groups is 3. The largest absolute Gasteiger partial charge is 0.321 e. The summed E-state index contributed by atoms with van der Waals surface area (Å²) in [6.45, 7) is 3.76. The Labute approximate surface area is 285 Å². The summed E-state index contributed by atoms with van der Waals surface area (Å²) in [6.07, 6.45) is 1.64. The van der Waals surface area contributed by atoms with Crippen LogP contribution in [0.15, 0.2) is 113 Å². The van der Waals surface area contributed by atoms with Crippen molar-refractivity contribution in [2.75, 3.05) is 10.6 Å². The van der Waals surface area contributed by atoms with Gasteiger partial charge < -0.3 is 16.0 Å². The summed E-state index contributed by atoms with van der Waals surface area (Å²) in [7, 11) is 0. The monoisotopic (exact) mass is 686 g/mol. The number of thioether (sulfide) groups is 1. The number of aromatic nitrogens is 1. The van der Waals surface area contributed by atoms with E-state index in [1.54, 1.807) is 67.6 Å². The first-order chi connectivity index (χ1) is 22.1. The Bertz CT molecular complexity index is 1910. The SMILES string of the molecule is Cc1cccc(/C=C(\NC(=O)c2ccccc2)C(=O)Nc2ccc(SC(C)C(=O)Nc3nc(-c4ccc(Cl)cc4Cl)cs3)cc2)c1. The zero-order valence-electron chi connectivity index (χ0n) is 24.7. The Balaban J connectivity index is 1.21. The van der Waals surface area contributed by atoms with Gasteiger partial charge in [0, 0.05) is 32.1 Å². The number of hydrogen-bond donors (Lipinski definition) is 3. The zero-order chi connectivity index (χ0) is 32.6. The van der Waals surface area contributed by atoms with Crippen LogP contribution in [0.1, 0.15) is 28.4 Å². The highest BCUT2D eigenvalue weighted by Gasteiger charge is 2.18. The van der Waals surface area contributed by atoms with Gasteiger partial charge in [-0.3, -0.25) is 14.4 Å². The van der Waals surface area contributed by atoms with Crippen LogP contribution in [0.25, 0.3) is 17.3 Å².